The first-order valence-electron chi connectivity index (χ1n) is 4.24. The number of rotatable bonds is 2. The largest absolute Gasteiger partial charge is 0.491 e. The third kappa shape index (κ3) is 1.93. The van der Waals surface area contributed by atoms with Gasteiger partial charge in [-0.2, -0.15) is 0 Å². The van der Waals surface area contributed by atoms with Crippen LogP contribution >= 0.6 is 0 Å². The third-order valence-corrected chi connectivity index (χ3v) is 1.68. The van der Waals surface area contributed by atoms with Crippen molar-refractivity contribution in [1.82, 2.24) is 9.88 Å². The van der Waals surface area contributed by atoms with Gasteiger partial charge in [0.1, 0.15) is 0 Å². The van der Waals surface area contributed by atoms with Crippen LogP contribution in [0.2, 0.25) is 0 Å². The Hall–Kier alpha value is -1.78. The van der Waals surface area contributed by atoms with Gasteiger partial charge >= 0.3 is 11.6 Å². The zero-order valence-corrected chi connectivity index (χ0v) is 8.11. The molecular weight excluding hydrogens is 184 g/mol. The van der Waals surface area contributed by atoms with E-state index in [1.165, 1.54) is 19.4 Å². The molecule has 0 bridgehead atoms. The van der Waals surface area contributed by atoms with E-state index in [4.69, 9.17) is 4.74 Å². The fourth-order valence-corrected chi connectivity index (χ4v) is 1.03. The Balaban J connectivity index is 3.10. The van der Waals surface area contributed by atoms with Gasteiger partial charge in [0, 0.05) is 12.7 Å². The lowest BCUT2D eigenvalue weighted by Crippen LogP contribution is -2.35. The SMILES string of the molecule is CCNC(=O)n1cccc(OC)c1=O. The predicted octanol–water partition coefficient (Wildman–Crippen LogP) is 0.435. The molecule has 0 fully saturated rings. The van der Waals surface area contributed by atoms with Crippen LogP contribution in [0.15, 0.2) is 23.1 Å². The van der Waals surface area contributed by atoms with Gasteiger partial charge in [-0.3, -0.25) is 4.79 Å². The lowest BCUT2D eigenvalue weighted by Gasteiger charge is -2.05. The van der Waals surface area contributed by atoms with E-state index in [2.05, 4.69) is 5.32 Å². The maximum atomic E-state index is 11.5. The highest BCUT2D eigenvalue weighted by atomic mass is 16.5. The zero-order chi connectivity index (χ0) is 10.6. The molecule has 14 heavy (non-hydrogen) atoms. The first kappa shape index (κ1) is 10.3. The Kier molecular flexibility index (Phi) is 3.28. The van der Waals surface area contributed by atoms with E-state index in [9.17, 15) is 9.59 Å². The van der Waals surface area contributed by atoms with Crippen molar-refractivity contribution < 1.29 is 9.53 Å². The molecule has 0 spiro atoms. The van der Waals surface area contributed by atoms with Gasteiger partial charge in [0.25, 0.3) is 0 Å². The van der Waals surface area contributed by atoms with Crippen LogP contribution in [0.25, 0.3) is 0 Å². The van der Waals surface area contributed by atoms with Gasteiger partial charge in [0.05, 0.1) is 7.11 Å². The summed E-state index contributed by atoms with van der Waals surface area (Å²) in [5.41, 5.74) is -0.457. The molecule has 1 rings (SSSR count). The second kappa shape index (κ2) is 4.45. The molecule has 0 aromatic carbocycles. The standard InChI is InChI=1S/C9H12N2O3/c1-3-10-9(13)11-6-4-5-7(14-2)8(11)12/h4-6H,3H2,1-2H3,(H,10,13). The van der Waals surface area contributed by atoms with Crippen LogP contribution in [-0.4, -0.2) is 24.3 Å². The average Bonchev–Trinajstić information content (AvgIpc) is 2.18. The molecule has 0 aliphatic heterocycles. The summed E-state index contributed by atoms with van der Waals surface area (Å²) in [5.74, 6) is 0.152. The van der Waals surface area contributed by atoms with E-state index in [0.717, 1.165) is 4.57 Å². The van der Waals surface area contributed by atoms with Gasteiger partial charge in [0.15, 0.2) is 5.75 Å². The van der Waals surface area contributed by atoms with E-state index in [-0.39, 0.29) is 5.75 Å². The summed E-state index contributed by atoms with van der Waals surface area (Å²) < 4.78 is 5.78. The van der Waals surface area contributed by atoms with Gasteiger partial charge in [-0.1, -0.05) is 0 Å². The number of ether oxygens (including phenoxy) is 1. The Morgan fingerprint density at radius 1 is 1.64 bits per heavy atom. The van der Waals surface area contributed by atoms with E-state index < -0.39 is 11.6 Å². The maximum Gasteiger partial charge on any atom is 0.328 e. The molecule has 5 nitrogen and oxygen atoms in total. The number of aromatic nitrogens is 1. The van der Waals surface area contributed by atoms with Crippen LogP contribution in [0.3, 0.4) is 0 Å². The van der Waals surface area contributed by atoms with E-state index >= 15 is 0 Å². The number of amides is 1. The molecule has 1 heterocycles. The average molecular weight is 196 g/mol. The second-order valence-corrected chi connectivity index (χ2v) is 2.59. The maximum absolute atomic E-state index is 11.5. The number of carbonyl (C=O) groups excluding carboxylic acids is 1. The molecule has 1 aromatic heterocycles. The van der Waals surface area contributed by atoms with Gasteiger partial charge in [-0.15, -0.1) is 0 Å². The monoisotopic (exact) mass is 196 g/mol. The van der Waals surface area contributed by atoms with Crippen molar-refractivity contribution in [3.8, 4) is 5.75 Å². The summed E-state index contributed by atoms with van der Waals surface area (Å²) in [7, 11) is 1.39. The summed E-state index contributed by atoms with van der Waals surface area (Å²) in [6, 6.07) is 2.64. The first-order valence-corrected chi connectivity index (χ1v) is 4.24. The normalized spacial score (nSPS) is 9.57. The minimum Gasteiger partial charge on any atom is -0.491 e. The highest BCUT2D eigenvalue weighted by Gasteiger charge is 2.08. The summed E-state index contributed by atoms with van der Waals surface area (Å²) in [6.45, 7) is 2.26. The number of pyridine rings is 1. The summed E-state index contributed by atoms with van der Waals surface area (Å²) in [5, 5.41) is 2.52. The lowest BCUT2D eigenvalue weighted by molar-refractivity contribution is 0.241. The molecule has 1 amide bonds. The van der Waals surface area contributed by atoms with Crippen LogP contribution in [0.1, 0.15) is 6.92 Å². The number of carbonyl (C=O) groups is 1. The molecule has 0 saturated carbocycles. The fourth-order valence-electron chi connectivity index (χ4n) is 1.03. The number of hydrogen-bond acceptors (Lipinski definition) is 3. The van der Waals surface area contributed by atoms with Crippen molar-refractivity contribution in [1.29, 1.82) is 0 Å². The van der Waals surface area contributed by atoms with Crippen LogP contribution in [0.4, 0.5) is 4.79 Å². The van der Waals surface area contributed by atoms with Gasteiger partial charge in [0.2, 0.25) is 0 Å². The van der Waals surface area contributed by atoms with Gasteiger partial charge < -0.3 is 10.1 Å². The summed E-state index contributed by atoms with van der Waals surface area (Å²) in [6.07, 6.45) is 1.40. The Morgan fingerprint density at radius 3 is 2.93 bits per heavy atom. The van der Waals surface area contributed by atoms with Crippen molar-refractivity contribution in [2.24, 2.45) is 0 Å². The topological polar surface area (TPSA) is 60.3 Å². The van der Waals surface area contributed by atoms with E-state index in [1.54, 1.807) is 13.0 Å². The van der Waals surface area contributed by atoms with Crippen molar-refractivity contribution in [3.05, 3.63) is 28.7 Å². The highest BCUT2D eigenvalue weighted by Crippen LogP contribution is 1.99. The molecule has 0 unspecified atom stereocenters. The Labute approximate surface area is 81.3 Å². The number of nitrogens with zero attached hydrogens (tertiary/aromatic N) is 1. The van der Waals surface area contributed by atoms with Crippen molar-refractivity contribution >= 4 is 6.03 Å². The molecule has 76 valence electrons. The molecule has 0 radical (unpaired) electrons. The molecule has 0 atom stereocenters. The molecule has 5 heteroatoms. The number of hydrogen-bond donors (Lipinski definition) is 1. The molecule has 1 N–H and O–H groups in total. The third-order valence-electron chi connectivity index (χ3n) is 1.68. The second-order valence-electron chi connectivity index (χ2n) is 2.59. The van der Waals surface area contributed by atoms with Crippen LogP contribution in [0.5, 0.6) is 5.75 Å². The molecule has 1 aromatic rings. The minimum atomic E-state index is -0.457. The van der Waals surface area contributed by atoms with E-state index in [0.29, 0.717) is 6.54 Å². The van der Waals surface area contributed by atoms with E-state index in [1.807, 2.05) is 0 Å². The van der Waals surface area contributed by atoms with Crippen molar-refractivity contribution in [2.75, 3.05) is 13.7 Å². The van der Waals surface area contributed by atoms with Gasteiger partial charge in [-0.25, -0.2) is 9.36 Å². The molecule has 0 aliphatic carbocycles. The van der Waals surface area contributed by atoms with Crippen molar-refractivity contribution in [2.45, 2.75) is 6.92 Å². The molecule has 0 aliphatic rings. The smallest absolute Gasteiger partial charge is 0.328 e. The zero-order valence-electron chi connectivity index (χ0n) is 8.11. The predicted molar refractivity (Wildman–Crippen MR) is 51.7 cm³/mol. The summed E-state index contributed by atoms with van der Waals surface area (Å²) in [4.78, 5) is 22.8. The lowest BCUT2D eigenvalue weighted by atomic mass is 10.4. The highest BCUT2D eigenvalue weighted by molar-refractivity contribution is 5.76. The van der Waals surface area contributed by atoms with Crippen LogP contribution < -0.4 is 15.6 Å². The Bertz CT molecular complexity index is 384. The van der Waals surface area contributed by atoms with Gasteiger partial charge in [-0.05, 0) is 19.1 Å². The van der Waals surface area contributed by atoms with Crippen molar-refractivity contribution in [3.63, 3.8) is 0 Å². The Morgan fingerprint density at radius 2 is 2.36 bits per heavy atom. The quantitative estimate of drug-likeness (QED) is 0.746. The minimum absolute atomic E-state index is 0.152. The number of nitrogens with one attached hydrogen (secondary N) is 1. The molecule has 0 saturated heterocycles. The molecular formula is C9H12N2O3. The fraction of sp³-hybridized carbons (Fsp3) is 0.333. The first-order chi connectivity index (χ1) is 6.70. The van der Waals surface area contributed by atoms with Crippen LogP contribution in [-0.2, 0) is 0 Å². The summed E-state index contributed by atoms with van der Waals surface area (Å²) >= 11 is 0. The number of methoxy groups -OCH3 is 1. The van der Waals surface area contributed by atoms with Crippen LogP contribution in [0, 0.1) is 0 Å².